The number of halogens is 3. The van der Waals surface area contributed by atoms with Gasteiger partial charge in [-0.25, -0.2) is 79.1 Å². The molecule has 42 nitrogen and oxygen atoms in total. The van der Waals surface area contributed by atoms with Gasteiger partial charge in [0.05, 0.1) is 57.1 Å². The van der Waals surface area contributed by atoms with Crippen LogP contribution < -0.4 is 32.6 Å². The first-order valence-corrected chi connectivity index (χ1v) is 52.0. The molecule has 6 rings (SSSR count). The van der Waals surface area contributed by atoms with E-state index in [1.807, 2.05) is 0 Å². The molecule has 770 valence electrons. The summed E-state index contributed by atoms with van der Waals surface area (Å²) >= 11 is 5.75. The molecular formula is C81H131F3N9O33P3S6. The third-order valence-electron chi connectivity index (χ3n) is 16.9. The Morgan fingerprint density at radius 3 is 1.04 bits per heavy atom. The first-order valence-electron chi connectivity index (χ1n) is 41.8. The minimum atomic E-state index is -4.49. The molecule has 0 bridgehead atoms. The molecule has 4 N–H and O–H groups in total. The monoisotopic (exact) mass is 2100 g/mol. The molecule has 3 aromatic heterocycles. The number of carbonyl (C=O) groups is 9. The van der Waals surface area contributed by atoms with Crippen molar-refractivity contribution < 1.29 is 154 Å². The van der Waals surface area contributed by atoms with Crippen LogP contribution in [0.2, 0.25) is 0 Å². The van der Waals surface area contributed by atoms with Crippen molar-refractivity contribution in [3.8, 4) is 0 Å². The van der Waals surface area contributed by atoms with Crippen LogP contribution in [0, 0.1) is 28.1 Å². The van der Waals surface area contributed by atoms with Crippen molar-refractivity contribution in [3.05, 3.63) is 68.2 Å². The number of aliphatic hydroxyl groups is 1. The van der Waals surface area contributed by atoms with Gasteiger partial charge in [0.2, 0.25) is 13.6 Å². The summed E-state index contributed by atoms with van der Waals surface area (Å²) in [5, 5.41) is 4.38. The minimum absolute atomic E-state index is 0. The Morgan fingerprint density at radius 2 is 0.741 bits per heavy atom. The zero-order valence-corrected chi connectivity index (χ0v) is 87.5. The number of phosphoric acid groups is 3. The van der Waals surface area contributed by atoms with E-state index in [0.717, 1.165) is 84.3 Å². The Morgan fingerprint density at radius 1 is 0.452 bits per heavy atom. The molecule has 15 atom stereocenters. The molecule has 3 aliphatic heterocycles. The maximum Gasteiger partial charge on any atom is 0.510 e. The second-order valence-corrected chi connectivity index (χ2v) is 49.4. The van der Waals surface area contributed by atoms with Gasteiger partial charge < -0.3 is 53.6 Å². The second-order valence-electron chi connectivity index (χ2n) is 37.3. The smallest absolute Gasteiger partial charge is 0.443 e. The summed E-state index contributed by atoms with van der Waals surface area (Å²) < 4.78 is 170. The van der Waals surface area contributed by atoms with Crippen molar-refractivity contribution in [1.82, 2.24) is 28.7 Å². The third kappa shape index (κ3) is 42.2. The van der Waals surface area contributed by atoms with E-state index in [-0.39, 0.29) is 84.7 Å². The topological polar surface area (TPSA) is 530 Å². The Balaban J connectivity index is 0.000000526. The lowest BCUT2D eigenvalue weighted by Crippen LogP contribution is -2.45. The minimum Gasteiger partial charge on any atom is -0.443 e. The van der Waals surface area contributed by atoms with Gasteiger partial charge >= 0.3 is 77.2 Å². The number of nitrogens with two attached hydrogens (primary N) is 1. The maximum absolute atomic E-state index is 15.8. The second kappa shape index (κ2) is 52.4. The fourth-order valence-corrected chi connectivity index (χ4v) is 20.9. The lowest BCUT2D eigenvalue weighted by Gasteiger charge is -2.28. The zero-order valence-electron chi connectivity index (χ0n) is 80.0. The van der Waals surface area contributed by atoms with Crippen LogP contribution in [0.4, 0.5) is 59.4 Å². The number of nitrogen functional groups attached to an aromatic ring is 1. The number of anilines is 3. The van der Waals surface area contributed by atoms with Crippen LogP contribution >= 0.6 is 94.0 Å². The Labute approximate surface area is 809 Å². The summed E-state index contributed by atoms with van der Waals surface area (Å²) in [4.78, 5) is 172. The quantitative estimate of drug-likeness (QED) is 0.0164. The van der Waals surface area contributed by atoms with Crippen LogP contribution in [0.15, 0.2) is 51.2 Å². The number of aromatic nitrogens is 6. The molecule has 6 heterocycles. The molecule has 135 heavy (non-hydrogen) atoms. The van der Waals surface area contributed by atoms with Gasteiger partial charge in [-0.05, 0) is 129 Å². The lowest BCUT2D eigenvalue weighted by molar-refractivity contribution is -0.118. The number of thioether (sulfide) groups is 6. The number of hydrogen-bond acceptors (Lipinski definition) is 42. The molecule has 0 saturated carbocycles. The third-order valence-corrected chi connectivity index (χ3v) is 29.3. The highest BCUT2D eigenvalue weighted by Gasteiger charge is 2.50. The number of ether oxygens (including phenoxy) is 8. The van der Waals surface area contributed by atoms with Crippen molar-refractivity contribution in [2.75, 3.05) is 86.0 Å². The summed E-state index contributed by atoms with van der Waals surface area (Å²) in [6.45, 7) is 40.8. The molecule has 0 aliphatic carbocycles. The van der Waals surface area contributed by atoms with E-state index in [4.69, 9.17) is 79.8 Å². The van der Waals surface area contributed by atoms with E-state index in [2.05, 4.69) is 15.0 Å². The van der Waals surface area contributed by atoms with Gasteiger partial charge in [-0.1, -0.05) is 119 Å². The van der Waals surface area contributed by atoms with Crippen molar-refractivity contribution in [1.29, 1.82) is 0 Å². The van der Waals surface area contributed by atoms with Crippen molar-refractivity contribution in [2.45, 2.75) is 285 Å². The predicted octanol–water partition coefficient (Wildman–Crippen LogP) is 17.2. The Bertz CT molecular complexity index is 4770. The molecular weight excluding hydrogens is 1970 g/mol. The molecule has 4 amide bonds. The van der Waals surface area contributed by atoms with Crippen molar-refractivity contribution >= 4 is 164 Å². The molecule has 0 radical (unpaired) electrons. The first-order chi connectivity index (χ1) is 61.3. The van der Waals surface area contributed by atoms with Crippen LogP contribution in [0.3, 0.4) is 0 Å². The van der Waals surface area contributed by atoms with Crippen molar-refractivity contribution in [2.24, 2.45) is 28.1 Å². The summed E-state index contributed by atoms with van der Waals surface area (Å²) in [7, 11) is -13.4. The van der Waals surface area contributed by atoms with Gasteiger partial charge in [-0.2, -0.15) is 24.8 Å². The van der Waals surface area contributed by atoms with Gasteiger partial charge in [0, 0.05) is 74.4 Å². The van der Waals surface area contributed by atoms with E-state index in [0.29, 0.717) is 9.80 Å². The van der Waals surface area contributed by atoms with Crippen LogP contribution in [0.5, 0.6) is 0 Å². The van der Waals surface area contributed by atoms with Crippen LogP contribution in [0.25, 0.3) is 0 Å². The van der Waals surface area contributed by atoms with Crippen LogP contribution in [-0.4, -0.2) is 236 Å². The molecule has 3 unspecified atom stereocenters. The maximum atomic E-state index is 15.8. The molecule has 0 aromatic carbocycles. The van der Waals surface area contributed by atoms with Crippen LogP contribution in [-0.2, 0) is 102 Å². The first kappa shape index (κ1) is 123. The highest BCUT2D eigenvalue weighted by Crippen LogP contribution is 2.56. The number of alkyl halides is 3. The summed E-state index contributed by atoms with van der Waals surface area (Å²) in [5.74, 6) is -1.89. The number of amides is 4. The SMILES string of the molecule is C.CC(C)OC(=O)OCOP(=O)(OCCSC(=O)C(C)(C)C)OC[C@H]1S[C@@H](n2ccc(N(C(=O)OC(C)(C)C)C(=O)OC(C)(C)C)nc2=O)[C@@H](F)[C@@H]1C.CC(C)OC(=O)OCOP(=O)(OCCSC(=O)C(C)(C)C)OC[C@H]1S[C@@H](n2ccc(N)nc2=O)[C@@H](F)[C@@H]1O.C[C@H]1[C@H](F)[C@H](n2ccc(N(C(=O)OC(C)(C)C)C(=O)OC(C)(C)C)nc2=O)S[C@@H]1COP(=O)(O)OCCSC(=O)C(C)(C)C. The number of phosphoric ester groups is 3. The van der Waals surface area contributed by atoms with Gasteiger partial charge in [0.1, 0.15) is 62.8 Å². The van der Waals surface area contributed by atoms with Crippen LogP contribution in [0.1, 0.15) is 210 Å². The average Bonchev–Trinajstić information content (AvgIpc) is 1.69. The van der Waals surface area contributed by atoms with Gasteiger partial charge in [-0.3, -0.25) is 55.2 Å². The molecule has 3 aromatic rings. The lowest BCUT2D eigenvalue weighted by atomic mass is 9.99. The van der Waals surface area contributed by atoms with Crippen molar-refractivity contribution in [3.63, 3.8) is 0 Å². The standard InChI is InChI=1S/C32H51FN3O13PS2.C27H43FN3O10PS2.C21H33FN3O10PS2.CH4/c1-19(2)47-29(41)43-18-46-50(42,44-15-16-51-25(37)30(4,5)6)45-17-21-20(3)23(33)24(52-21)35-14-13-22(34-26(35)38)36(27(39)48-31(7,8)9)28(40)49-32(10,11)12;1-16-17(15-39-42(36,37)38-13-14-43-21(32)25(2,3)4)44-20(19(16)28)30-12-11-18(29-22(30)33)31(23(34)40-26(5,6)7)24(35)41-27(8,9)10;1-12(2)35-20(29)31-11-34-36(30,32-8-9-37-18(27)21(3,4)5)33-10-13-16(26)15(22)17(38-13)25-7-6-14(23)24-19(25)28;/h13-14,19-21,23-24H,15-18H2,1-12H3;11-12,16-17,19-20H,13-15H2,1-10H3,(H,36,37);6-7,12-13,15-17,26H,8-11H2,1-5H3,(H2,23,24,28);1H4/t20-,21-,23+,24-,50?;16-,17-,19+,20-;13-,15+,16-,17-,36?;/m111./s1. The summed E-state index contributed by atoms with van der Waals surface area (Å²) in [6.07, 6.45) is -10.7. The molecule has 3 aliphatic rings. The predicted molar refractivity (Wildman–Crippen MR) is 506 cm³/mol. The molecule has 0 spiro atoms. The van der Waals surface area contributed by atoms with Gasteiger partial charge in [0.25, 0.3) is 0 Å². The highest BCUT2D eigenvalue weighted by molar-refractivity contribution is 8.14. The fraction of sp³-hybridized carbons (Fsp3) is 0.741. The number of hydrogen-bond donors (Lipinski definition) is 3. The number of rotatable bonds is 34. The van der Waals surface area contributed by atoms with E-state index in [1.165, 1.54) is 36.8 Å². The number of imide groups is 2. The number of nitrogens with zero attached hydrogens (tertiary/aromatic N) is 8. The van der Waals surface area contributed by atoms with E-state index < -0.39 is 222 Å². The largest absolute Gasteiger partial charge is 0.510 e. The van der Waals surface area contributed by atoms with E-state index in [9.17, 15) is 85.6 Å². The molecule has 3 saturated heterocycles. The number of aliphatic hydroxyl groups excluding tert-OH is 1. The normalized spacial score (nSPS) is 21.7. The average molecular weight is 2100 g/mol. The Kier molecular flexibility index (Phi) is 47.7. The zero-order chi connectivity index (χ0) is 102. The molecule has 3 fully saturated rings. The van der Waals surface area contributed by atoms with Gasteiger partial charge in [-0.15, -0.1) is 35.3 Å². The summed E-state index contributed by atoms with van der Waals surface area (Å²) in [5.41, 5.74) is -2.99. The fourth-order valence-electron chi connectivity index (χ4n) is 10.4. The van der Waals surface area contributed by atoms with Gasteiger partial charge in [0.15, 0.2) is 33.2 Å². The van der Waals surface area contributed by atoms with E-state index in [1.54, 1.807) is 187 Å². The number of carbonyl (C=O) groups excluding carboxylic acids is 9. The van der Waals surface area contributed by atoms with E-state index >= 15 is 8.78 Å². The summed E-state index contributed by atoms with van der Waals surface area (Å²) in [6, 6.07) is 3.68. The molecule has 54 heteroatoms. The highest BCUT2D eigenvalue weighted by atomic mass is 32.2. The Hall–Kier alpha value is -6.35.